The summed E-state index contributed by atoms with van der Waals surface area (Å²) in [6, 6.07) is 9.50. The fourth-order valence-electron chi connectivity index (χ4n) is 2.56. The van der Waals surface area contributed by atoms with Crippen LogP contribution in [-0.4, -0.2) is 23.1 Å². The molecule has 0 unspecified atom stereocenters. The maximum Gasteiger partial charge on any atom is 0.270 e. The van der Waals surface area contributed by atoms with Gasteiger partial charge in [0.2, 0.25) is 0 Å². The minimum absolute atomic E-state index is 0.0306. The lowest BCUT2D eigenvalue weighted by molar-refractivity contribution is -0.385. The molecule has 29 heavy (non-hydrogen) atoms. The highest BCUT2D eigenvalue weighted by Gasteiger charge is 2.07. The molecule has 2 aromatic rings. The highest BCUT2D eigenvalue weighted by molar-refractivity contribution is 5.47. The van der Waals surface area contributed by atoms with E-state index in [9.17, 15) is 20.2 Å². The molecule has 7 heteroatoms. The number of ether oxygens (including phenoxy) is 1. The molecule has 0 spiro atoms. The summed E-state index contributed by atoms with van der Waals surface area (Å²) in [6.07, 6.45) is 0.998. The summed E-state index contributed by atoms with van der Waals surface area (Å²) in [4.78, 5) is 20.8. The van der Waals surface area contributed by atoms with Crippen LogP contribution in [0.4, 0.5) is 11.4 Å². The van der Waals surface area contributed by atoms with Crippen molar-refractivity contribution in [1.82, 2.24) is 0 Å². The van der Waals surface area contributed by atoms with Gasteiger partial charge < -0.3 is 4.74 Å². The molecule has 7 nitrogen and oxygen atoms in total. The van der Waals surface area contributed by atoms with Crippen LogP contribution >= 0.6 is 0 Å². The van der Waals surface area contributed by atoms with Crippen molar-refractivity contribution in [1.29, 1.82) is 0 Å². The molecule has 0 N–H and O–H groups in total. The molecule has 0 aliphatic carbocycles. The molecule has 0 bridgehead atoms. The molecule has 0 radical (unpaired) electrons. The summed E-state index contributed by atoms with van der Waals surface area (Å²) in [7, 11) is 0. The minimum Gasteiger partial charge on any atom is -0.379 e. The lowest BCUT2D eigenvalue weighted by Gasteiger charge is -1.98. The van der Waals surface area contributed by atoms with Gasteiger partial charge in [0.15, 0.2) is 0 Å². The van der Waals surface area contributed by atoms with Crippen molar-refractivity contribution in [3.63, 3.8) is 0 Å². The largest absolute Gasteiger partial charge is 0.379 e. The first-order chi connectivity index (χ1) is 13.8. The van der Waals surface area contributed by atoms with E-state index in [2.05, 4.69) is 23.7 Å². The maximum absolute atomic E-state index is 10.9. The average molecular weight is 392 g/mol. The van der Waals surface area contributed by atoms with E-state index in [4.69, 9.17) is 4.74 Å². The predicted octanol–water partition coefficient (Wildman–Crippen LogP) is 4.32. The van der Waals surface area contributed by atoms with Crippen molar-refractivity contribution in [2.24, 2.45) is 0 Å². The summed E-state index contributed by atoms with van der Waals surface area (Å²) in [5, 5.41) is 21.7. The van der Waals surface area contributed by atoms with Crippen LogP contribution in [0.15, 0.2) is 36.4 Å². The van der Waals surface area contributed by atoms with Crippen LogP contribution in [-0.2, 0) is 4.74 Å². The van der Waals surface area contributed by atoms with Gasteiger partial charge in [0.05, 0.1) is 23.1 Å². The summed E-state index contributed by atoms with van der Waals surface area (Å²) < 4.78 is 5.46. The third-order valence-electron chi connectivity index (χ3n) is 3.75. The zero-order valence-electron chi connectivity index (χ0n) is 16.2. The molecule has 0 heterocycles. The highest BCUT2D eigenvalue weighted by Crippen LogP contribution is 2.16. The third-order valence-corrected chi connectivity index (χ3v) is 3.75. The van der Waals surface area contributed by atoms with Crippen LogP contribution in [0.5, 0.6) is 0 Å². The van der Waals surface area contributed by atoms with Crippen molar-refractivity contribution in [3.8, 4) is 23.7 Å². The Bertz CT molecular complexity index is 955. The Morgan fingerprint density at radius 1 is 0.759 bits per heavy atom. The number of benzene rings is 2. The molecule has 0 aliphatic rings. The molecule has 2 aromatic carbocycles. The second-order valence-corrected chi connectivity index (χ2v) is 6.34. The molecule has 0 atom stereocenters. The highest BCUT2D eigenvalue weighted by atomic mass is 16.6. The number of nitrogens with zero attached hydrogens (tertiary/aromatic N) is 2. The van der Waals surface area contributed by atoms with Gasteiger partial charge in [-0.05, 0) is 37.1 Å². The average Bonchev–Trinajstić information content (AvgIpc) is 2.65. The first kappa shape index (κ1) is 21.6. The van der Waals surface area contributed by atoms with Crippen molar-refractivity contribution in [2.75, 3.05) is 13.2 Å². The molecule has 0 aromatic heterocycles. The summed E-state index contributed by atoms with van der Waals surface area (Å²) in [5.74, 6) is 11.7. The van der Waals surface area contributed by atoms with Gasteiger partial charge in [-0.1, -0.05) is 23.7 Å². The van der Waals surface area contributed by atoms with E-state index in [1.807, 2.05) is 0 Å². The number of nitro groups is 2. The number of nitro benzene ring substituents is 2. The molecule has 0 amide bonds. The zero-order valence-corrected chi connectivity index (χ0v) is 16.2. The molecule has 0 saturated heterocycles. The second kappa shape index (κ2) is 10.6. The Morgan fingerprint density at radius 2 is 1.17 bits per heavy atom. The van der Waals surface area contributed by atoms with E-state index in [0.717, 1.165) is 11.1 Å². The monoisotopic (exact) mass is 392 g/mol. The molecular weight excluding hydrogens is 372 g/mol. The first-order valence-corrected chi connectivity index (χ1v) is 8.93. The van der Waals surface area contributed by atoms with Gasteiger partial charge in [0, 0.05) is 48.2 Å². The van der Waals surface area contributed by atoms with Gasteiger partial charge in [-0.2, -0.15) is 0 Å². The molecular formula is C22H20N2O5. The van der Waals surface area contributed by atoms with Gasteiger partial charge in [0.1, 0.15) is 0 Å². The Morgan fingerprint density at radius 3 is 1.55 bits per heavy atom. The van der Waals surface area contributed by atoms with Gasteiger partial charge in [-0.3, -0.25) is 20.2 Å². The van der Waals surface area contributed by atoms with Crippen LogP contribution in [0.2, 0.25) is 0 Å². The Labute approximate surface area is 169 Å². The molecule has 0 fully saturated rings. The Kier molecular flexibility index (Phi) is 7.90. The van der Waals surface area contributed by atoms with E-state index < -0.39 is 9.85 Å². The topological polar surface area (TPSA) is 95.5 Å². The molecule has 0 aliphatic heterocycles. The Balaban J connectivity index is 1.76. The van der Waals surface area contributed by atoms with Crippen molar-refractivity contribution in [3.05, 3.63) is 78.9 Å². The van der Waals surface area contributed by atoms with E-state index in [0.29, 0.717) is 37.2 Å². The zero-order chi connectivity index (χ0) is 21.2. The molecule has 0 saturated carbocycles. The van der Waals surface area contributed by atoms with Crippen molar-refractivity contribution >= 4 is 11.4 Å². The molecule has 2 rings (SSSR count). The summed E-state index contributed by atoms with van der Waals surface area (Å²) >= 11 is 0. The van der Waals surface area contributed by atoms with Crippen molar-refractivity contribution < 1.29 is 14.6 Å². The van der Waals surface area contributed by atoms with Gasteiger partial charge in [0.25, 0.3) is 11.4 Å². The van der Waals surface area contributed by atoms with E-state index in [1.54, 1.807) is 26.0 Å². The normalized spacial score (nSPS) is 9.72. The fourth-order valence-corrected chi connectivity index (χ4v) is 2.56. The van der Waals surface area contributed by atoms with Gasteiger partial charge in [-0.15, -0.1) is 0 Å². The van der Waals surface area contributed by atoms with Gasteiger partial charge >= 0.3 is 0 Å². The van der Waals surface area contributed by atoms with E-state index in [-0.39, 0.29) is 11.4 Å². The number of rotatable bonds is 6. The molecule has 148 valence electrons. The standard InChI is InChI=1S/C22H20N2O5/c1-17-11-19(15-21(13-17)23(25)26)7-3-5-9-29-10-6-4-8-20-12-18(2)14-22(16-20)24(27)28/h11-16H,5-6,9-10H2,1-2H3. The lowest BCUT2D eigenvalue weighted by Crippen LogP contribution is -1.95. The summed E-state index contributed by atoms with van der Waals surface area (Å²) in [6.45, 7) is 4.44. The van der Waals surface area contributed by atoms with Crippen molar-refractivity contribution in [2.45, 2.75) is 26.7 Å². The minimum atomic E-state index is -0.433. The number of non-ortho nitro benzene ring substituents is 2. The Hall–Kier alpha value is -3.68. The maximum atomic E-state index is 10.9. The van der Waals surface area contributed by atoms with Crippen LogP contribution in [0.1, 0.15) is 35.1 Å². The summed E-state index contributed by atoms with van der Waals surface area (Å²) in [5.41, 5.74) is 2.85. The van der Waals surface area contributed by atoms with Crippen LogP contribution in [0, 0.1) is 57.8 Å². The van der Waals surface area contributed by atoms with E-state index >= 15 is 0 Å². The smallest absolute Gasteiger partial charge is 0.270 e. The number of aryl methyl sites for hydroxylation is 2. The lowest BCUT2D eigenvalue weighted by atomic mass is 10.1. The second-order valence-electron chi connectivity index (χ2n) is 6.34. The van der Waals surface area contributed by atoms with Gasteiger partial charge in [-0.25, -0.2) is 0 Å². The number of hydrogen-bond acceptors (Lipinski definition) is 5. The van der Waals surface area contributed by atoms with Crippen LogP contribution in [0.3, 0.4) is 0 Å². The fraction of sp³-hybridized carbons (Fsp3) is 0.273. The third kappa shape index (κ3) is 7.45. The van der Waals surface area contributed by atoms with Crippen LogP contribution in [0.25, 0.3) is 0 Å². The quantitative estimate of drug-likeness (QED) is 0.316. The number of hydrogen-bond donors (Lipinski definition) is 0. The first-order valence-electron chi connectivity index (χ1n) is 8.93. The predicted molar refractivity (Wildman–Crippen MR) is 109 cm³/mol. The van der Waals surface area contributed by atoms with E-state index in [1.165, 1.54) is 24.3 Å². The van der Waals surface area contributed by atoms with Crippen LogP contribution < -0.4 is 0 Å². The SMILES string of the molecule is Cc1cc(C#CCCOCCC#Cc2cc(C)cc([N+](=O)[O-])c2)cc([N+](=O)[O-])c1.